The molecule has 2 aromatic carbocycles. The number of Topliss-reactive ketones (excluding diaryl/α,β-unsaturated/α-hetero) is 1. The molecule has 2 heterocycles. The second-order valence-corrected chi connectivity index (χ2v) is 10.9. The van der Waals surface area contributed by atoms with Crippen LogP contribution in [0, 0.1) is 5.92 Å². The highest BCUT2D eigenvalue weighted by molar-refractivity contribution is 6.04. The topological polar surface area (TPSA) is 102 Å². The third-order valence-corrected chi connectivity index (χ3v) is 7.00. The van der Waals surface area contributed by atoms with Crippen LogP contribution in [0.15, 0.2) is 42.5 Å². The van der Waals surface area contributed by atoms with E-state index in [1.807, 2.05) is 24.3 Å². The van der Waals surface area contributed by atoms with Gasteiger partial charge in [-0.1, -0.05) is 32.9 Å². The van der Waals surface area contributed by atoms with Crippen LogP contribution in [-0.4, -0.2) is 67.9 Å². The number of esters is 1. The van der Waals surface area contributed by atoms with E-state index in [9.17, 15) is 19.2 Å². The molecule has 208 valence electrons. The van der Waals surface area contributed by atoms with Crippen LogP contribution in [0.4, 0.5) is 5.69 Å². The molecule has 0 aliphatic carbocycles. The second kappa shape index (κ2) is 11.9. The number of anilines is 1. The zero-order valence-corrected chi connectivity index (χ0v) is 23.0. The zero-order valence-electron chi connectivity index (χ0n) is 23.0. The quantitative estimate of drug-likeness (QED) is 0.374. The Labute approximate surface area is 229 Å². The number of likely N-dealkylation sites (tertiary alicyclic amines) is 1. The lowest BCUT2D eigenvalue weighted by Crippen LogP contribution is -2.49. The van der Waals surface area contributed by atoms with Crippen molar-refractivity contribution in [3.63, 3.8) is 0 Å². The molecule has 0 bridgehead atoms. The van der Waals surface area contributed by atoms with E-state index < -0.39 is 0 Å². The first-order valence-electron chi connectivity index (χ1n) is 13.3. The van der Waals surface area contributed by atoms with Crippen molar-refractivity contribution in [2.75, 3.05) is 44.4 Å². The highest BCUT2D eigenvalue weighted by Gasteiger charge is 2.33. The van der Waals surface area contributed by atoms with Gasteiger partial charge in [0.2, 0.25) is 5.91 Å². The van der Waals surface area contributed by atoms with Crippen LogP contribution in [0.5, 0.6) is 11.5 Å². The van der Waals surface area contributed by atoms with E-state index in [1.165, 1.54) is 4.90 Å². The Morgan fingerprint density at radius 1 is 1.08 bits per heavy atom. The largest absolute Gasteiger partial charge is 0.485 e. The van der Waals surface area contributed by atoms with Crippen molar-refractivity contribution >= 4 is 29.3 Å². The third kappa shape index (κ3) is 6.77. The summed E-state index contributed by atoms with van der Waals surface area (Å²) in [6, 6.07) is 12.5. The Morgan fingerprint density at radius 2 is 1.82 bits per heavy atom. The molecule has 4 rings (SSSR count). The van der Waals surface area contributed by atoms with Crippen LogP contribution in [0.3, 0.4) is 0 Å². The van der Waals surface area contributed by atoms with Crippen molar-refractivity contribution in [1.82, 2.24) is 4.90 Å². The number of carbonyl (C=O) groups excluding carboxylic acids is 4. The van der Waals surface area contributed by atoms with Crippen molar-refractivity contribution in [2.45, 2.75) is 46.0 Å². The minimum absolute atomic E-state index is 0.0147. The molecule has 0 saturated carbocycles. The number of hydrogen-bond donors (Lipinski definition) is 0. The fourth-order valence-corrected chi connectivity index (χ4v) is 4.72. The third-order valence-electron chi connectivity index (χ3n) is 7.00. The molecule has 1 unspecified atom stereocenters. The first kappa shape index (κ1) is 28.1. The summed E-state index contributed by atoms with van der Waals surface area (Å²) in [4.78, 5) is 54.0. The maximum atomic E-state index is 13.2. The van der Waals surface area contributed by atoms with Crippen molar-refractivity contribution in [3.05, 3.63) is 53.6 Å². The van der Waals surface area contributed by atoms with Crippen molar-refractivity contribution in [2.24, 2.45) is 5.92 Å². The van der Waals surface area contributed by atoms with Crippen LogP contribution in [0.1, 0.15) is 56.5 Å². The number of piperidine rings is 1. The monoisotopic (exact) mass is 536 g/mol. The average Bonchev–Trinajstić information content (AvgIpc) is 2.93. The van der Waals surface area contributed by atoms with Gasteiger partial charge in [-0.15, -0.1) is 0 Å². The molecule has 0 radical (unpaired) electrons. The highest BCUT2D eigenvalue weighted by atomic mass is 16.5. The molecule has 1 fully saturated rings. The molecule has 9 nitrogen and oxygen atoms in total. The Morgan fingerprint density at radius 3 is 2.51 bits per heavy atom. The maximum Gasteiger partial charge on any atom is 0.310 e. The van der Waals surface area contributed by atoms with E-state index in [1.54, 1.807) is 30.0 Å². The minimum atomic E-state index is -0.380. The summed E-state index contributed by atoms with van der Waals surface area (Å²) < 4.78 is 16.4. The first-order chi connectivity index (χ1) is 18.6. The summed E-state index contributed by atoms with van der Waals surface area (Å²) in [5, 5.41) is 0. The molecule has 2 aromatic rings. The molecule has 9 heteroatoms. The summed E-state index contributed by atoms with van der Waals surface area (Å²) in [5.74, 6) is -0.597. The van der Waals surface area contributed by atoms with Gasteiger partial charge in [-0.05, 0) is 61.1 Å². The Hall–Kier alpha value is -3.88. The summed E-state index contributed by atoms with van der Waals surface area (Å²) in [6.45, 7) is 8.60. The van der Waals surface area contributed by atoms with E-state index >= 15 is 0 Å². The molecular formula is C30H36N2O7. The van der Waals surface area contributed by atoms with E-state index in [2.05, 4.69) is 20.8 Å². The summed E-state index contributed by atoms with van der Waals surface area (Å²) >= 11 is 0. The van der Waals surface area contributed by atoms with Crippen LogP contribution in [0.2, 0.25) is 0 Å². The lowest BCUT2D eigenvalue weighted by molar-refractivity contribution is -0.151. The number of hydrogen-bond acceptors (Lipinski definition) is 7. The smallest absolute Gasteiger partial charge is 0.310 e. The number of nitrogens with zero attached hydrogens (tertiary/aromatic N) is 2. The van der Waals surface area contributed by atoms with Gasteiger partial charge in [0.05, 0.1) is 18.2 Å². The Bertz CT molecular complexity index is 1230. The highest BCUT2D eigenvalue weighted by Crippen LogP contribution is 2.33. The summed E-state index contributed by atoms with van der Waals surface area (Å²) in [6.07, 6.45) is 1.34. The molecule has 0 spiro atoms. The predicted molar refractivity (Wildman–Crippen MR) is 145 cm³/mol. The standard InChI is InChI=1S/C30H36N2O7/c1-5-37-29(36)21-7-6-14-31(16-21)27(34)17-32-24-15-20(8-13-26(24)39-19-28(32)35)25(33)18-38-23-11-9-22(10-12-23)30(2,3)4/h8-13,15,21H,5-7,14,16-19H2,1-4H3. The van der Waals surface area contributed by atoms with Gasteiger partial charge in [0.1, 0.15) is 18.0 Å². The summed E-state index contributed by atoms with van der Waals surface area (Å²) in [7, 11) is 0. The molecule has 1 saturated heterocycles. The van der Waals surface area contributed by atoms with Gasteiger partial charge in [-0.3, -0.25) is 24.1 Å². The number of amides is 2. The molecule has 2 aliphatic rings. The molecule has 1 atom stereocenters. The lowest BCUT2D eigenvalue weighted by Gasteiger charge is -2.34. The number of fused-ring (bicyclic) bond motifs is 1. The number of ketones is 1. The molecule has 0 N–H and O–H groups in total. The maximum absolute atomic E-state index is 13.2. The fraction of sp³-hybridized carbons (Fsp3) is 0.467. The van der Waals surface area contributed by atoms with Gasteiger partial charge >= 0.3 is 5.97 Å². The van der Waals surface area contributed by atoms with E-state index in [0.717, 1.165) is 5.56 Å². The van der Waals surface area contributed by atoms with E-state index in [-0.39, 0.29) is 67.8 Å². The number of carbonyl (C=O) groups is 4. The van der Waals surface area contributed by atoms with Gasteiger partial charge in [-0.25, -0.2) is 0 Å². The van der Waals surface area contributed by atoms with Gasteiger partial charge in [0.15, 0.2) is 19.0 Å². The van der Waals surface area contributed by atoms with Gasteiger partial charge < -0.3 is 19.1 Å². The van der Waals surface area contributed by atoms with Crippen molar-refractivity contribution in [3.8, 4) is 11.5 Å². The average molecular weight is 537 g/mol. The zero-order chi connectivity index (χ0) is 28.2. The fourth-order valence-electron chi connectivity index (χ4n) is 4.72. The van der Waals surface area contributed by atoms with Crippen LogP contribution >= 0.6 is 0 Å². The van der Waals surface area contributed by atoms with Crippen molar-refractivity contribution in [1.29, 1.82) is 0 Å². The summed E-state index contributed by atoms with van der Waals surface area (Å²) in [5.41, 5.74) is 1.88. The van der Waals surface area contributed by atoms with E-state index in [0.29, 0.717) is 42.1 Å². The van der Waals surface area contributed by atoms with Crippen molar-refractivity contribution < 1.29 is 33.4 Å². The molecule has 2 amide bonds. The Kier molecular flexibility index (Phi) is 8.57. The Balaban J connectivity index is 1.43. The lowest BCUT2D eigenvalue weighted by atomic mass is 9.87. The van der Waals surface area contributed by atoms with Gasteiger partial charge in [0, 0.05) is 18.7 Å². The SMILES string of the molecule is CCOC(=O)C1CCCN(C(=O)CN2C(=O)COc3ccc(C(=O)COc4ccc(C(C)(C)C)cc4)cc32)C1. The number of rotatable bonds is 8. The molecule has 39 heavy (non-hydrogen) atoms. The first-order valence-corrected chi connectivity index (χ1v) is 13.3. The normalized spacial score (nSPS) is 17.2. The van der Waals surface area contributed by atoms with Crippen LogP contribution in [0.25, 0.3) is 0 Å². The molecule has 0 aromatic heterocycles. The second-order valence-electron chi connectivity index (χ2n) is 10.9. The van der Waals surface area contributed by atoms with Crippen LogP contribution in [-0.2, 0) is 24.5 Å². The molecular weight excluding hydrogens is 500 g/mol. The number of benzene rings is 2. The van der Waals surface area contributed by atoms with E-state index in [4.69, 9.17) is 14.2 Å². The molecule has 2 aliphatic heterocycles. The van der Waals surface area contributed by atoms with Crippen LogP contribution < -0.4 is 14.4 Å². The van der Waals surface area contributed by atoms with Gasteiger partial charge in [-0.2, -0.15) is 0 Å². The van der Waals surface area contributed by atoms with Gasteiger partial charge in [0.25, 0.3) is 5.91 Å². The minimum Gasteiger partial charge on any atom is -0.485 e. The number of ether oxygens (including phenoxy) is 3. The predicted octanol–water partition coefficient (Wildman–Crippen LogP) is 3.77.